The molecular formula is C19H20FN5OS. The van der Waals surface area contributed by atoms with Crippen LogP contribution >= 0.6 is 11.3 Å². The smallest absolute Gasteiger partial charge is 0.261 e. The minimum atomic E-state index is -0.369. The van der Waals surface area contributed by atoms with E-state index in [9.17, 15) is 9.18 Å². The topological polar surface area (TPSA) is 79.8 Å². The van der Waals surface area contributed by atoms with Crippen molar-refractivity contribution in [3.63, 3.8) is 0 Å². The Kier molecular flexibility index (Phi) is 6.43. The Balaban J connectivity index is 1.70. The minimum absolute atomic E-state index is 0.337. The summed E-state index contributed by atoms with van der Waals surface area (Å²) in [6.45, 7) is 2.15. The summed E-state index contributed by atoms with van der Waals surface area (Å²) in [6.07, 6.45) is 5.77. The van der Waals surface area contributed by atoms with Crippen LogP contribution in [-0.4, -0.2) is 21.1 Å². The van der Waals surface area contributed by atoms with Crippen molar-refractivity contribution in [2.24, 2.45) is 0 Å². The Hall–Kier alpha value is -2.87. The van der Waals surface area contributed by atoms with Crippen LogP contribution in [0.4, 0.5) is 21.0 Å². The number of carbonyl (C=O) groups is 1. The lowest BCUT2D eigenvalue weighted by molar-refractivity contribution is 0.102. The summed E-state index contributed by atoms with van der Waals surface area (Å²) in [5.41, 5.74) is 0.848. The molecule has 8 heteroatoms. The lowest BCUT2D eigenvalue weighted by Crippen LogP contribution is -2.14. The predicted octanol–water partition coefficient (Wildman–Crippen LogP) is 4.80. The molecule has 0 bridgehead atoms. The summed E-state index contributed by atoms with van der Waals surface area (Å²) in [5, 5.41) is 15.2. The number of anilines is 3. The molecule has 3 rings (SSSR count). The summed E-state index contributed by atoms with van der Waals surface area (Å²) in [4.78, 5) is 16.8. The van der Waals surface area contributed by atoms with Crippen molar-refractivity contribution in [2.45, 2.75) is 32.6 Å². The van der Waals surface area contributed by atoms with Gasteiger partial charge in [-0.1, -0.05) is 37.2 Å². The molecule has 0 aliphatic rings. The zero-order chi connectivity index (χ0) is 19.1. The van der Waals surface area contributed by atoms with Gasteiger partial charge in [0.1, 0.15) is 16.6 Å². The van der Waals surface area contributed by atoms with Gasteiger partial charge < -0.3 is 5.32 Å². The third-order valence-electron chi connectivity index (χ3n) is 3.82. The third kappa shape index (κ3) is 5.30. The number of unbranched alkanes of at least 4 members (excludes halogenated alkanes) is 2. The van der Waals surface area contributed by atoms with Crippen LogP contribution in [0.25, 0.3) is 0 Å². The summed E-state index contributed by atoms with van der Waals surface area (Å²) in [5.74, 6) is -0.377. The highest BCUT2D eigenvalue weighted by Crippen LogP contribution is 2.22. The summed E-state index contributed by atoms with van der Waals surface area (Å²) < 4.78 is 13.4. The van der Waals surface area contributed by atoms with Crippen LogP contribution in [-0.2, 0) is 6.42 Å². The number of nitrogens with one attached hydrogen (secondary N) is 2. The fraction of sp³-hybridized carbons (Fsp3) is 0.263. The molecule has 0 spiro atoms. The van der Waals surface area contributed by atoms with Gasteiger partial charge in [-0.3, -0.25) is 10.1 Å². The standard InChI is InChI=1S/C19H20FN5OS/c1-2-3-4-10-16-24-25-19(27-16)23-18(26)15-9-6-11-21-17(15)22-14-8-5-7-13(20)12-14/h5-9,11-12H,2-4,10H2,1H3,(H,21,22)(H,23,25,26). The third-order valence-corrected chi connectivity index (χ3v) is 4.72. The molecule has 0 fully saturated rings. The van der Waals surface area contributed by atoms with Crippen LogP contribution in [0, 0.1) is 5.82 Å². The van der Waals surface area contributed by atoms with E-state index in [0.29, 0.717) is 22.2 Å². The number of pyridine rings is 1. The maximum atomic E-state index is 13.4. The molecule has 0 radical (unpaired) electrons. The number of aromatic nitrogens is 3. The Bertz CT molecular complexity index is 914. The molecule has 140 valence electrons. The van der Waals surface area contributed by atoms with Gasteiger partial charge >= 0.3 is 0 Å². The number of hydrogen-bond donors (Lipinski definition) is 2. The molecule has 1 aromatic carbocycles. The molecule has 0 saturated heterocycles. The molecule has 2 heterocycles. The Morgan fingerprint density at radius 2 is 2.07 bits per heavy atom. The highest BCUT2D eigenvalue weighted by molar-refractivity contribution is 7.15. The number of rotatable bonds is 8. The van der Waals surface area contributed by atoms with Gasteiger partial charge in [0, 0.05) is 18.3 Å². The zero-order valence-corrected chi connectivity index (χ0v) is 15.7. The normalized spacial score (nSPS) is 10.6. The molecular weight excluding hydrogens is 365 g/mol. The van der Waals surface area contributed by atoms with Crippen LogP contribution < -0.4 is 10.6 Å². The van der Waals surface area contributed by atoms with Crippen LogP contribution in [0.2, 0.25) is 0 Å². The first kappa shape index (κ1) is 18.9. The van der Waals surface area contributed by atoms with Crippen molar-refractivity contribution < 1.29 is 9.18 Å². The molecule has 0 aliphatic heterocycles. The highest BCUT2D eigenvalue weighted by Gasteiger charge is 2.15. The van der Waals surface area contributed by atoms with Crippen molar-refractivity contribution in [1.82, 2.24) is 15.2 Å². The number of nitrogens with zero attached hydrogens (tertiary/aromatic N) is 3. The van der Waals surface area contributed by atoms with E-state index in [1.807, 2.05) is 0 Å². The lowest BCUT2D eigenvalue weighted by Gasteiger charge is -2.10. The first-order chi connectivity index (χ1) is 13.2. The van der Waals surface area contributed by atoms with Gasteiger partial charge in [0.05, 0.1) is 5.56 Å². The van der Waals surface area contributed by atoms with E-state index in [1.54, 1.807) is 30.5 Å². The number of amides is 1. The number of aryl methyl sites for hydroxylation is 1. The van der Waals surface area contributed by atoms with E-state index in [4.69, 9.17) is 0 Å². The lowest BCUT2D eigenvalue weighted by atomic mass is 10.2. The van der Waals surface area contributed by atoms with Gasteiger partial charge in [-0.25, -0.2) is 9.37 Å². The van der Waals surface area contributed by atoms with Gasteiger partial charge in [-0.15, -0.1) is 10.2 Å². The van der Waals surface area contributed by atoms with Gasteiger partial charge in [0.2, 0.25) is 5.13 Å². The van der Waals surface area contributed by atoms with Crippen LogP contribution in [0.3, 0.4) is 0 Å². The Labute approximate surface area is 160 Å². The molecule has 27 heavy (non-hydrogen) atoms. The predicted molar refractivity (Wildman–Crippen MR) is 105 cm³/mol. The van der Waals surface area contributed by atoms with Gasteiger partial charge in [0.15, 0.2) is 0 Å². The van der Waals surface area contributed by atoms with E-state index in [0.717, 1.165) is 30.7 Å². The van der Waals surface area contributed by atoms with Crippen LogP contribution in [0.15, 0.2) is 42.6 Å². The molecule has 0 unspecified atom stereocenters. The quantitative estimate of drug-likeness (QED) is 0.545. The average molecular weight is 385 g/mol. The molecule has 0 atom stereocenters. The second-order valence-corrected chi connectivity index (χ2v) is 7.01. The average Bonchev–Trinajstić information content (AvgIpc) is 3.09. The summed E-state index contributed by atoms with van der Waals surface area (Å²) >= 11 is 1.37. The molecule has 2 aromatic heterocycles. The van der Waals surface area contributed by atoms with Crippen molar-refractivity contribution in [3.05, 3.63) is 59.0 Å². The SMILES string of the molecule is CCCCCc1nnc(NC(=O)c2cccnc2Nc2cccc(F)c2)s1. The van der Waals surface area contributed by atoms with Crippen molar-refractivity contribution in [1.29, 1.82) is 0 Å². The molecule has 3 aromatic rings. The van der Waals surface area contributed by atoms with E-state index < -0.39 is 0 Å². The summed E-state index contributed by atoms with van der Waals surface area (Å²) in [7, 11) is 0. The first-order valence-corrected chi connectivity index (χ1v) is 9.58. The van der Waals surface area contributed by atoms with E-state index in [1.165, 1.54) is 23.5 Å². The van der Waals surface area contributed by atoms with E-state index in [-0.39, 0.29) is 11.7 Å². The van der Waals surface area contributed by atoms with Crippen LogP contribution in [0.5, 0.6) is 0 Å². The van der Waals surface area contributed by atoms with E-state index >= 15 is 0 Å². The molecule has 6 nitrogen and oxygen atoms in total. The first-order valence-electron chi connectivity index (χ1n) is 8.77. The van der Waals surface area contributed by atoms with Crippen molar-refractivity contribution in [2.75, 3.05) is 10.6 Å². The van der Waals surface area contributed by atoms with Gasteiger partial charge in [-0.2, -0.15) is 0 Å². The zero-order valence-electron chi connectivity index (χ0n) is 14.9. The second-order valence-electron chi connectivity index (χ2n) is 5.95. The van der Waals surface area contributed by atoms with E-state index in [2.05, 4.69) is 32.7 Å². The Morgan fingerprint density at radius 1 is 1.19 bits per heavy atom. The number of halogens is 1. The molecule has 0 aliphatic carbocycles. The number of carbonyl (C=O) groups excluding carboxylic acids is 1. The summed E-state index contributed by atoms with van der Waals surface area (Å²) in [6, 6.07) is 9.29. The maximum absolute atomic E-state index is 13.4. The Morgan fingerprint density at radius 3 is 2.89 bits per heavy atom. The monoisotopic (exact) mass is 385 g/mol. The fourth-order valence-corrected chi connectivity index (χ4v) is 3.26. The minimum Gasteiger partial charge on any atom is -0.339 e. The van der Waals surface area contributed by atoms with Crippen LogP contribution in [0.1, 0.15) is 41.6 Å². The second kappa shape index (κ2) is 9.18. The highest BCUT2D eigenvalue weighted by atomic mass is 32.1. The number of benzene rings is 1. The molecule has 1 amide bonds. The molecule has 0 saturated carbocycles. The van der Waals surface area contributed by atoms with Crippen molar-refractivity contribution in [3.8, 4) is 0 Å². The largest absolute Gasteiger partial charge is 0.339 e. The fourth-order valence-electron chi connectivity index (χ4n) is 2.49. The number of hydrogen-bond acceptors (Lipinski definition) is 6. The maximum Gasteiger partial charge on any atom is 0.261 e. The molecule has 2 N–H and O–H groups in total. The van der Waals surface area contributed by atoms with Gasteiger partial charge in [-0.05, 0) is 36.8 Å². The van der Waals surface area contributed by atoms with Gasteiger partial charge in [0.25, 0.3) is 5.91 Å². The van der Waals surface area contributed by atoms with Crippen molar-refractivity contribution >= 4 is 33.9 Å².